The maximum absolute atomic E-state index is 9.05. The highest BCUT2D eigenvalue weighted by Crippen LogP contribution is 2.10. The topological polar surface area (TPSA) is 69.9 Å². The van der Waals surface area contributed by atoms with E-state index in [2.05, 4.69) is 0 Å². The Bertz CT molecular complexity index is 134. The van der Waals surface area contributed by atoms with E-state index in [0.29, 0.717) is 0 Å². The summed E-state index contributed by atoms with van der Waals surface area (Å²) in [6.07, 6.45) is -0.0318. The summed E-state index contributed by atoms with van der Waals surface area (Å²) in [6, 6.07) is 0. The van der Waals surface area contributed by atoms with E-state index in [-0.39, 0.29) is 6.61 Å². The Balaban J connectivity index is 2.56. The Hall–Kier alpha value is -0.580. The molecule has 1 aliphatic rings. The van der Waals surface area contributed by atoms with E-state index in [1.165, 1.54) is 12.3 Å². The van der Waals surface area contributed by atoms with Gasteiger partial charge in [0.1, 0.15) is 18.3 Å². The van der Waals surface area contributed by atoms with E-state index in [4.69, 9.17) is 20.1 Å². The smallest absolute Gasteiger partial charge is 0.149 e. The second-order valence-corrected chi connectivity index (χ2v) is 2.17. The van der Waals surface area contributed by atoms with E-state index in [1.807, 2.05) is 0 Å². The van der Waals surface area contributed by atoms with Crippen LogP contribution in [-0.4, -0.2) is 40.2 Å². The molecule has 1 rings (SSSR count). The number of rotatable bonds is 1. The fourth-order valence-corrected chi connectivity index (χ4v) is 0.792. The van der Waals surface area contributed by atoms with Crippen molar-refractivity contribution in [1.82, 2.24) is 0 Å². The molecule has 4 nitrogen and oxygen atoms in total. The number of aliphatic hydroxyl groups is 3. The largest absolute Gasteiger partial charge is 0.493 e. The molecule has 0 bridgehead atoms. The van der Waals surface area contributed by atoms with Gasteiger partial charge in [0.15, 0.2) is 0 Å². The molecular formula is C6H10O4. The van der Waals surface area contributed by atoms with Crippen LogP contribution in [-0.2, 0) is 4.74 Å². The molecule has 0 saturated carbocycles. The molecule has 0 fully saturated rings. The van der Waals surface area contributed by atoms with Crippen LogP contribution in [0.25, 0.3) is 0 Å². The molecule has 0 amide bonds. The van der Waals surface area contributed by atoms with Gasteiger partial charge in [-0.25, -0.2) is 0 Å². The standard InChI is InChI=1S/C6H10O4/c7-3-5-6(9)4(8)1-2-10-5/h1-2,4-9H,3H2/t4?,5-,6?/m1/s1. The molecule has 0 aromatic rings. The van der Waals surface area contributed by atoms with Crippen molar-refractivity contribution >= 4 is 0 Å². The summed E-state index contributed by atoms with van der Waals surface area (Å²) in [4.78, 5) is 0. The third kappa shape index (κ3) is 1.29. The van der Waals surface area contributed by atoms with Gasteiger partial charge in [-0.05, 0) is 6.08 Å². The maximum atomic E-state index is 9.05. The van der Waals surface area contributed by atoms with Crippen LogP contribution in [0.5, 0.6) is 0 Å². The molecule has 0 radical (unpaired) electrons. The van der Waals surface area contributed by atoms with Gasteiger partial charge in [-0.15, -0.1) is 0 Å². The van der Waals surface area contributed by atoms with Gasteiger partial charge in [0.05, 0.1) is 12.9 Å². The number of hydrogen-bond donors (Lipinski definition) is 3. The van der Waals surface area contributed by atoms with Gasteiger partial charge in [-0.3, -0.25) is 0 Å². The summed E-state index contributed by atoms with van der Waals surface area (Å²) >= 11 is 0. The Kier molecular flexibility index (Phi) is 2.26. The van der Waals surface area contributed by atoms with Crippen molar-refractivity contribution in [2.75, 3.05) is 6.61 Å². The molecule has 3 atom stereocenters. The summed E-state index contributed by atoms with van der Waals surface area (Å²) in [5.41, 5.74) is 0. The predicted molar refractivity (Wildman–Crippen MR) is 33.1 cm³/mol. The van der Waals surface area contributed by atoms with Gasteiger partial charge in [0.2, 0.25) is 0 Å². The zero-order chi connectivity index (χ0) is 7.56. The van der Waals surface area contributed by atoms with Gasteiger partial charge in [-0.2, -0.15) is 0 Å². The molecular weight excluding hydrogens is 136 g/mol. The van der Waals surface area contributed by atoms with Gasteiger partial charge in [0, 0.05) is 0 Å². The van der Waals surface area contributed by atoms with E-state index in [1.54, 1.807) is 0 Å². The number of hydrogen-bond acceptors (Lipinski definition) is 4. The van der Waals surface area contributed by atoms with Crippen LogP contribution in [0.1, 0.15) is 0 Å². The maximum Gasteiger partial charge on any atom is 0.149 e. The van der Waals surface area contributed by atoms with Crippen LogP contribution >= 0.6 is 0 Å². The van der Waals surface area contributed by atoms with E-state index in [9.17, 15) is 0 Å². The zero-order valence-corrected chi connectivity index (χ0v) is 5.34. The fraction of sp³-hybridized carbons (Fsp3) is 0.667. The molecule has 2 unspecified atom stereocenters. The predicted octanol–water partition coefficient (Wildman–Crippen LogP) is -1.39. The first-order valence-corrected chi connectivity index (χ1v) is 3.05. The Morgan fingerprint density at radius 2 is 2.10 bits per heavy atom. The Labute approximate surface area is 58.4 Å². The van der Waals surface area contributed by atoms with Gasteiger partial charge in [0.25, 0.3) is 0 Å². The lowest BCUT2D eigenvalue weighted by Crippen LogP contribution is -2.42. The lowest BCUT2D eigenvalue weighted by molar-refractivity contribution is -0.0808. The second kappa shape index (κ2) is 3.01. The summed E-state index contributed by atoms with van der Waals surface area (Å²) in [7, 11) is 0. The highest BCUT2D eigenvalue weighted by atomic mass is 16.5. The lowest BCUT2D eigenvalue weighted by Gasteiger charge is -2.26. The number of aliphatic hydroxyl groups excluding tert-OH is 3. The van der Waals surface area contributed by atoms with Crippen molar-refractivity contribution in [2.24, 2.45) is 0 Å². The highest BCUT2D eigenvalue weighted by molar-refractivity contribution is 4.96. The van der Waals surface area contributed by atoms with Crippen molar-refractivity contribution < 1.29 is 20.1 Å². The lowest BCUT2D eigenvalue weighted by atomic mass is 10.1. The first kappa shape index (κ1) is 7.53. The molecule has 1 heterocycles. The monoisotopic (exact) mass is 146 g/mol. The summed E-state index contributed by atoms with van der Waals surface area (Å²) in [6.45, 7) is -0.289. The van der Waals surface area contributed by atoms with Gasteiger partial charge < -0.3 is 20.1 Å². The normalized spacial score (nSPS) is 39.3. The minimum atomic E-state index is -1.02. The molecule has 0 aromatic carbocycles. The zero-order valence-electron chi connectivity index (χ0n) is 5.34. The molecule has 58 valence electrons. The molecule has 0 spiro atoms. The molecule has 3 N–H and O–H groups in total. The van der Waals surface area contributed by atoms with Crippen LogP contribution in [0.15, 0.2) is 12.3 Å². The molecule has 10 heavy (non-hydrogen) atoms. The number of ether oxygens (including phenoxy) is 1. The van der Waals surface area contributed by atoms with Crippen molar-refractivity contribution in [3.63, 3.8) is 0 Å². The van der Waals surface area contributed by atoms with Crippen LogP contribution in [0.3, 0.4) is 0 Å². The quantitative estimate of drug-likeness (QED) is 0.426. The minimum absolute atomic E-state index is 0.289. The molecule has 4 heteroatoms. The average molecular weight is 146 g/mol. The summed E-state index contributed by atoms with van der Waals surface area (Å²) in [5.74, 6) is 0. The Morgan fingerprint density at radius 1 is 1.40 bits per heavy atom. The molecule has 0 aromatic heterocycles. The molecule has 1 aliphatic heterocycles. The van der Waals surface area contributed by atoms with Crippen LogP contribution in [0.4, 0.5) is 0 Å². The highest BCUT2D eigenvalue weighted by Gasteiger charge is 2.27. The average Bonchev–Trinajstić information content (AvgIpc) is 1.95. The first-order chi connectivity index (χ1) is 4.75. The van der Waals surface area contributed by atoms with E-state index in [0.717, 1.165) is 0 Å². The first-order valence-electron chi connectivity index (χ1n) is 3.05. The van der Waals surface area contributed by atoms with Crippen molar-refractivity contribution in [3.05, 3.63) is 12.3 Å². The molecule has 0 saturated heterocycles. The Morgan fingerprint density at radius 3 is 2.60 bits per heavy atom. The van der Waals surface area contributed by atoms with E-state index < -0.39 is 18.3 Å². The van der Waals surface area contributed by atoms with Gasteiger partial charge >= 0.3 is 0 Å². The summed E-state index contributed by atoms with van der Waals surface area (Å²) < 4.78 is 4.77. The third-order valence-corrected chi connectivity index (χ3v) is 1.44. The van der Waals surface area contributed by atoms with Crippen molar-refractivity contribution in [3.8, 4) is 0 Å². The fourth-order valence-electron chi connectivity index (χ4n) is 0.792. The van der Waals surface area contributed by atoms with Crippen molar-refractivity contribution in [2.45, 2.75) is 18.3 Å². The third-order valence-electron chi connectivity index (χ3n) is 1.44. The summed E-state index contributed by atoms with van der Waals surface area (Å²) in [5, 5.41) is 26.6. The van der Waals surface area contributed by atoms with Crippen LogP contribution < -0.4 is 0 Å². The van der Waals surface area contributed by atoms with E-state index >= 15 is 0 Å². The molecule has 0 aliphatic carbocycles. The van der Waals surface area contributed by atoms with Gasteiger partial charge in [-0.1, -0.05) is 0 Å². The minimum Gasteiger partial charge on any atom is -0.493 e. The van der Waals surface area contributed by atoms with Crippen LogP contribution in [0, 0.1) is 0 Å². The van der Waals surface area contributed by atoms with Crippen LogP contribution in [0.2, 0.25) is 0 Å². The SMILES string of the molecule is OC[C@H]1OC=CC(O)C1O. The second-order valence-electron chi connectivity index (χ2n) is 2.17. The van der Waals surface area contributed by atoms with Crippen molar-refractivity contribution in [1.29, 1.82) is 0 Å².